The Kier molecular flexibility index (Phi) is 9.85. The fourth-order valence-corrected chi connectivity index (χ4v) is 3.65. The van der Waals surface area contributed by atoms with Crippen LogP contribution in [0.25, 0.3) is 16.8 Å². The SMILES string of the molecule is CCCCCCCCCCOc1ccc(/C=C/C(=O)Oc2ccc3ccccc3c2)cc1. The number of carbonyl (C=O) groups is 1. The average Bonchev–Trinajstić information content (AvgIpc) is 2.82. The lowest BCUT2D eigenvalue weighted by molar-refractivity contribution is -0.128. The van der Waals surface area contributed by atoms with E-state index in [1.54, 1.807) is 6.08 Å². The Morgan fingerprint density at radius 3 is 2.16 bits per heavy atom. The van der Waals surface area contributed by atoms with Gasteiger partial charge in [0.1, 0.15) is 11.5 Å². The molecule has 0 atom stereocenters. The summed E-state index contributed by atoms with van der Waals surface area (Å²) in [5.41, 5.74) is 0.930. The van der Waals surface area contributed by atoms with E-state index in [0.29, 0.717) is 5.75 Å². The van der Waals surface area contributed by atoms with Gasteiger partial charge in [0.05, 0.1) is 6.61 Å². The molecule has 0 fully saturated rings. The molecule has 0 aliphatic carbocycles. The van der Waals surface area contributed by atoms with Gasteiger partial charge in [0, 0.05) is 6.08 Å². The molecular weight excluding hydrogens is 396 g/mol. The summed E-state index contributed by atoms with van der Waals surface area (Å²) in [4.78, 5) is 12.2. The van der Waals surface area contributed by atoms with Crippen LogP contribution >= 0.6 is 0 Å². The number of rotatable bonds is 13. The number of ether oxygens (including phenoxy) is 2. The minimum absolute atomic E-state index is 0.393. The highest BCUT2D eigenvalue weighted by atomic mass is 16.5. The van der Waals surface area contributed by atoms with Crippen molar-refractivity contribution in [3.05, 3.63) is 78.4 Å². The Bertz CT molecular complexity index is 989. The summed E-state index contributed by atoms with van der Waals surface area (Å²) in [6.07, 6.45) is 13.6. The fraction of sp³-hybridized carbons (Fsp3) is 0.345. The molecule has 3 rings (SSSR count). The van der Waals surface area contributed by atoms with Crippen molar-refractivity contribution in [3.8, 4) is 11.5 Å². The zero-order chi connectivity index (χ0) is 22.4. The van der Waals surface area contributed by atoms with Crippen molar-refractivity contribution in [2.45, 2.75) is 58.3 Å². The number of benzene rings is 3. The van der Waals surface area contributed by atoms with Gasteiger partial charge in [-0.15, -0.1) is 0 Å². The van der Waals surface area contributed by atoms with Crippen molar-refractivity contribution in [3.63, 3.8) is 0 Å². The number of fused-ring (bicyclic) bond motifs is 1. The zero-order valence-electron chi connectivity index (χ0n) is 19.1. The van der Waals surface area contributed by atoms with Crippen LogP contribution in [0.15, 0.2) is 72.8 Å². The molecule has 0 aliphatic heterocycles. The van der Waals surface area contributed by atoms with Crippen LogP contribution in [0.4, 0.5) is 0 Å². The number of hydrogen-bond donors (Lipinski definition) is 0. The van der Waals surface area contributed by atoms with Gasteiger partial charge >= 0.3 is 5.97 Å². The Balaban J connectivity index is 1.36. The lowest BCUT2D eigenvalue weighted by Crippen LogP contribution is -2.03. The van der Waals surface area contributed by atoms with E-state index in [-0.39, 0.29) is 0 Å². The highest BCUT2D eigenvalue weighted by Crippen LogP contribution is 2.21. The van der Waals surface area contributed by atoms with Crippen molar-refractivity contribution in [1.82, 2.24) is 0 Å². The first-order valence-electron chi connectivity index (χ1n) is 11.9. The summed E-state index contributed by atoms with van der Waals surface area (Å²) in [5.74, 6) is 1.02. The van der Waals surface area contributed by atoms with E-state index in [1.807, 2.05) is 66.7 Å². The van der Waals surface area contributed by atoms with Gasteiger partial charge in [-0.2, -0.15) is 0 Å². The monoisotopic (exact) mass is 430 g/mol. The van der Waals surface area contributed by atoms with Crippen LogP contribution in [0.3, 0.4) is 0 Å². The van der Waals surface area contributed by atoms with E-state index >= 15 is 0 Å². The third-order valence-corrected chi connectivity index (χ3v) is 5.50. The average molecular weight is 431 g/mol. The number of unbranched alkanes of at least 4 members (excludes halogenated alkanes) is 7. The largest absolute Gasteiger partial charge is 0.494 e. The van der Waals surface area contributed by atoms with E-state index in [9.17, 15) is 4.79 Å². The number of carbonyl (C=O) groups excluding carboxylic acids is 1. The summed E-state index contributed by atoms with van der Waals surface area (Å²) in [6, 6.07) is 21.4. The Morgan fingerprint density at radius 2 is 1.41 bits per heavy atom. The molecule has 0 aromatic heterocycles. The normalized spacial score (nSPS) is 11.2. The molecule has 0 spiro atoms. The second kappa shape index (κ2) is 13.4. The lowest BCUT2D eigenvalue weighted by Gasteiger charge is -2.06. The van der Waals surface area contributed by atoms with Crippen molar-refractivity contribution in [1.29, 1.82) is 0 Å². The molecule has 3 nitrogen and oxygen atoms in total. The second-order valence-corrected chi connectivity index (χ2v) is 8.16. The van der Waals surface area contributed by atoms with Crippen LogP contribution < -0.4 is 9.47 Å². The molecule has 0 saturated heterocycles. The molecule has 0 aliphatic rings. The quantitative estimate of drug-likeness (QED) is 0.119. The van der Waals surface area contributed by atoms with Crippen LogP contribution in [-0.2, 0) is 4.79 Å². The van der Waals surface area contributed by atoms with E-state index in [2.05, 4.69) is 6.92 Å². The molecule has 3 aromatic carbocycles. The van der Waals surface area contributed by atoms with E-state index in [4.69, 9.17) is 9.47 Å². The maximum absolute atomic E-state index is 12.2. The molecule has 3 heteroatoms. The van der Waals surface area contributed by atoms with E-state index in [0.717, 1.165) is 35.1 Å². The number of esters is 1. The van der Waals surface area contributed by atoms with E-state index in [1.165, 1.54) is 51.0 Å². The van der Waals surface area contributed by atoms with Crippen molar-refractivity contribution in [2.24, 2.45) is 0 Å². The Labute approximate surface area is 192 Å². The molecule has 32 heavy (non-hydrogen) atoms. The zero-order valence-corrected chi connectivity index (χ0v) is 19.1. The molecule has 168 valence electrons. The first-order chi connectivity index (χ1) is 15.7. The molecule has 0 unspecified atom stereocenters. The third kappa shape index (κ3) is 8.22. The van der Waals surface area contributed by atoms with Crippen LogP contribution in [0.1, 0.15) is 63.9 Å². The van der Waals surface area contributed by atoms with E-state index < -0.39 is 5.97 Å². The predicted octanol–water partition coefficient (Wildman–Crippen LogP) is 7.98. The van der Waals surface area contributed by atoms with Gasteiger partial charge in [0.15, 0.2) is 0 Å². The molecule has 0 bridgehead atoms. The molecule has 0 amide bonds. The minimum Gasteiger partial charge on any atom is -0.494 e. The molecule has 0 heterocycles. The molecule has 0 saturated carbocycles. The molecule has 3 aromatic rings. The van der Waals surface area contributed by atoms with Crippen molar-refractivity contribution in [2.75, 3.05) is 6.61 Å². The van der Waals surface area contributed by atoms with Crippen molar-refractivity contribution < 1.29 is 14.3 Å². The maximum atomic E-state index is 12.2. The van der Waals surface area contributed by atoms with Crippen LogP contribution in [0.2, 0.25) is 0 Å². The van der Waals surface area contributed by atoms with Crippen LogP contribution in [-0.4, -0.2) is 12.6 Å². The van der Waals surface area contributed by atoms with Crippen LogP contribution in [0, 0.1) is 0 Å². The molecule has 0 N–H and O–H groups in total. The summed E-state index contributed by atoms with van der Waals surface area (Å²) >= 11 is 0. The van der Waals surface area contributed by atoms with Gasteiger partial charge in [-0.25, -0.2) is 4.79 Å². The highest BCUT2D eigenvalue weighted by molar-refractivity contribution is 5.90. The second-order valence-electron chi connectivity index (χ2n) is 8.16. The maximum Gasteiger partial charge on any atom is 0.336 e. The highest BCUT2D eigenvalue weighted by Gasteiger charge is 2.02. The summed E-state index contributed by atoms with van der Waals surface area (Å²) in [7, 11) is 0. The van der Waals surface area contributed by atoms with Gasteiger partial charge in [-0.3, -0.25) is 0 Å². The summed E-state index contributed by atoms with van der Waals surface area (Å²) in [6.45, 7) is 3.00. The van der Waals surface area contributed by atoms with Gasteiger partial charge in [0.25, 0.3) is 0 Å². The first-order valence-corrected chi connectivity index (χ1v) is 11.9. The van der Waals surface area contributed by atoms with Gasteiger partial charge in [-0.1, -0.05) is 94.3 Å². The summed E-state index contributed by atoms with van der Waals surface area (Å²) in [5, 5.41) is 2.16. The van der Waals surface area contributed by atoms with Gasteiger partial charge in [0.2, 0.25) is 0 Å². The Morgan fingerprint density at radius 1 is 0.750 bits per heavy atom. The standard InChI is InChI=1S/C29H34O3/c1-2-3-4-5-6-7-8-11-22-31-27-18-14-24(15-19-27)16-21-29(30)32-28-20-17-25-12-9-10-13-26(25)23-28/h9-10,12-21,23H,2-8,11,22H2,1H3/b21-16+. The van der Waals surface area contributed by atoms with Crippen LogP contribution in [0.5, 0.6) is 11.5 Å². The predicted molar refractivity (Wildman–Crippen MR) is 133 cm³/mol. The van der Waals surface area contributed by atoms with Gasteiger partial charge in [-0.05, 0) is 53.1 Å². The summed E-state index contributed by atoms with van der Waals surface area (Å²) < 4.78 is 11.3. The first kappa shape index (κ1) is 23.6. The van der Waals surface area contributed by atoms with Gasteiger partial charge < -0.3 is 9.47 Å². The Hall–Kier alpha value is -3.07. The smallest absolute Gasteiger partial charge is 0.336 e. The van der Waals surface area contributed by atoms with Crippen molar-refractivity contribution >= 4 is 22.8 Å². The fourth-order valence-electron chi connectivity index (χ4n) is 3.65. The third-order valence-electron chi connectivity index (χ3n) is 5.50. The minimum atomic E-state index is -0.393. The molecular formula is C29H34O3. The lowest BCUT2D eigenvalue weighted by atomic mass is 10.1. The topological polar surface area (TPSA) is 35.5 Å². The number of hydrogen-bond acceptors (Lipinski definition) is 3. The molecule has 0 radical (unpaired) electrons.